The fraction of sp³-hybridized carbons (Fsp3) is 0.217. The predicted molar refractivity (Wildman–Crippen MR) is 126 cm³/mol. The van der Waals surface area contributed by atoms with Crippen molar-refractivity contribution in [3.05, 3.63) is 82.0 Å². The first-order chi connectivity index (χ1) is 15.4. The number of nitrogens with one attached hydrogen (secondary N) is 3. The van der Waals surface area contributed by atoms with Crippen molar-refractivity contribution in [1.29, 1.82) is 0 Å². The van der Waals surface area contributed by atoms with E-state index in [1.807, 2.05) is 11.4 Å². The number of rotatable bonds is 10. The summed E-state index contributed by atoms with van der Waals surface area (Å²) in [6, 6.07) is 17.1. The van der Waals surface area contributed by atoms with Crippen molar-refractivity contribution in [2.75, 3.05) is 12.4 Å². The summed E-state index contributed by atoms with van der Waals surface area (Å²) >= 11 is 1.68. The molecule has 0 radical (unpaired) electrons. The van der Waals surface area contributed by atoms with E-state index in [4.69, 9.17) is 0 Å². The average Bonchev–Trinajstić information content (AvgIpc) is 3.31. The van der Waals surface area contributed by atoms with Gasteiger partial charge in [0.1, 0.15) is 0 Å². The minimum atomic E-state index is -3.55. The highest BCUT2D eigenvalue weighted by Crippen LogP contribution is 2.15. The second kappa shape index (κ2) is 11.0. The SMILES string of the molecule is CNS(=O)(=O)c1cccc(CNC(=O)c2cccc(NC(=O)CCCc3cccs3)c2)c1. The van der Waals surface area contributed by atoms with E-state index >= 15 is 0 Å². The van der Waals surface area contributed by atoms with Crippen LogP contribution < -0.4 is 15.4 Å². The van der Waals surface area contributed by atoms with Crippen LogP contribution >= 0.6 is 11.3 Å². The van der Waals surface area contributed by atoms with E-state index in [2.05, 4.69) is 21.4 Å². The lowest BCUT2D eigenvalue weighted by atomic mass is 10.1. The molecule has 1 aromatic heterocycles. The van der Waals surface area contributed by atoms with Gasteiger partial charge in [0.15, 0.2) is 0 Å². The van der Waals surface area contributed by atoms with Gasteiger partial charge < -0.3 is 10.6 Å². The second-order valence-corrected chi connectivity index (χ2v) is 10.0. The van der Waals surface area contributed by atoms with Crippen LogP contribution in [-0.2, 0) is 27.8 Å². The molecule has 0 aliphatic rings. The third kappa shape index (κ3) is 6.74. The molecule has 3 rings (SSSR count). The van der Waals surface area contributed by atoms with Crippen molar-refractivity contribution < 1.29 is 18.0 Å². The average molecular weight is 472 g/mol. The van der Waals surface area contributed by atoms with E-state index < -0.39 is 10.0 Å². The molecule has 32 heavy (non-hydrogen) atoms. The van der Waals surface area contributed by atoms with Crippen molar-refractivity contribution in [3.63, 3.8) is 0 Å². The lowest BCUT2D eigenvalue weighted by Crippen LogP contribution is -2.23. The molecule has 168 valence electrons. The Kier molecular flexibility index (Phi) is 8.15. The molecule has 0 atom stereocenters. The maximum Gasteiger partial charge on any atom is 0.251 e. The Morgan fingerprint density at radius 1 is 1.00 bits per heavy atom. The Morgan fingerprint density at radius 3 is 2.56 bits per heavy atom. The molecule has 3 N–H and O–H groups in total. The van der Waals surface area contributed by atoms with Gasteiger partial charge in [-0.15, -0.1) is 11.3 Å². The molecule has 0 bridgehead atoms. The second-order valence-electron chi connectivity index (χ2n) is 7.10. The van der Waals surface area contributed by atoms with Crippen molar-refractivity contribution in [3.8, 4) is 0 Å². The Hall–Kier alpha value is -3.01. The number of benzene rings is 2. The van der Waals surface area contributed by atoms with E-state index in [9.17, 15) is 18.0 Å². The van der Waals surface area contributed by atoms with Crippen molar-refractivity contribution in [1.82, 2.24) is 10.0 Å². The molecule has 1 heterocycles. The van der Waals surface area contributed by atoms with E-state index in [1.165, 1.54) is 24.1 Å². The summed E-state index contributed by atoms with van der Waals surface area (Å²) in [6.45, 7) is 0.172. The number of anilines is 1. The zero-order chi connectivity index (χ0) is 23.0. The van der Waals surface area contributed by atoms with Crippen molar-refractivity contribution in [2.24, 2.45) is 0 Å². The van der Waals surface area contributed by atoms with Gasteiger partial charge in [-0.25, -0.2) is 13.1 Å². The molecule has 0 aliphatic carbocycles. The van der Waals surface area contributed by atoms with Crippen molar-refractivity contribution in [2.45, 2.75) is 30.7 Å². The third-order valence-electron chi connectivity index (χ3n) is 4.75. The van der Waals surface area contributed by atoms with Gasteiger partial charge >= 0.3 is 0 Å². The maximum atomic E-state index is 12.5. The summed E-state index contributed by atoms with van der Waals surface area (Å²) in [7, 11) is -2.20. The number of amides is 2. The summed E-state index contributed by atoms with van der Waals surface area (Å²) in [5, 5.41) is 7.63. The van der Waals surface area contributed by atoms with Gasteiger partial charge in [-0.1, -0.05) is 24.3 Å². The van der Waals surface area contributed by atoms with E-state index in [0.717, 1.165) is 12.8 Å². The van der Waals surface area contributed by atoms with Crippen LogP contribution in [0.1, 0.15) is 33.6 Å². The predicted octanol–water partition coefficient (Wildman–Crippen LogP) is 3.55. The van der Waals surface area contributed by atoms with Crippen LogP contribution in [0.15, 0.2) is 70.9 Å². The minimum absolute atomic E-state index is 0.0957. The van der Waals surface area contributed by atoms with Gasteiger partial charge in [0.2, 0.25) is 15.9 Å². The van der Waals surface area contributed by atoms with Crippen LogP contribution in [-0.4, -0.2) is 27.3 Å². The number of hydrogen-bond donors (Lipinski definition) is 3. The summed E-state index contributed by atoms with van der Waals surface area (Å²) in [6.07, 6.45) is 2.03. The first-order valence-corrected chi connectivity index (χ1v) is 12.5. The number of thiophene rings is 1. The summed E-state index contributed by atoms with van der Waals surface area (Å²) in [5.74, 6) is -0.414. The minimum Gasteiger partial charge on any atom is -0.348 e. The van der Waals surface area contributed by atoms with Crippen molar-refractivity contribution >= 4 is 38.9 Å². The van der Waals surface area contributed by atoms with Gasteiger partial charge in [0, 0.05) is 29.1 Å². The quantitative estimate of drug-likeness (QED) is 0.421. The van der Waals surface area contributed by atoms with Crippen LogP contribution in [0.5, 0.6) is 0 Å². The zero-order valence-corrected chi connectivity index (χ0v) is 19.3. The molecule has 2 aromatic carbocycles. The number of sulfonamides is 1. The molecular formula is C23H25N3O4S2. The molecule has 0 fully saturated rings. The summed E-state index contributed by atoms with van der Waals surface area (Å²) < 4.78 is 26.1. The van der Waals surface area contributed by atoms with E-state index in [0.29, 0.717) is 23.2 Å². The number of carbonyl (C=O) groups excluding carboxylic acids is 2. The van der Waals surface area contributed by atoms with Crippen LogP contribution in [0.4, 0.5) is 5.69 Å². The molecule has 9 heteroatoms. The highest BCUT2D eigenvalue weighted by molar-refractivity contribution is 7.89. The van der Waals surface area contributed by atoms with Gasteiger partial charge in [-0.2, -0.15) is 0 Å². The fourth-order valence-corrected chi connectivity index (χ4v) is 4.62. The third-order valence-corrected chi connectivity index (χ3v) is 7.09. The van der Waals surface area contributed by atoms with Gasteiger partial charge in [-0.3, -0.25) is 9.59 Å². The molecule has 0 saturated carbocycles. The Balaban J connectivity index is 1.53. The first kappa shape index (κ1) is 23.6. The van der Waals surface area contributed by atoms with Gasteiger partial charge in [0.25, 0.3) is 5.91 Å². The largest absolute Gasteiger partial charge is 0.348 e. The molecule has 0 aliphatic heterocycles. The highest BCUT2D eigenvalue weighted by Gasteiger charge is 2.12. The van der Waals surface area contributed by atoms with Gasteiger partial charge in [-0.05, 0) is 67.2 Å². The molecule has 2 amide bonds. The number of hydrogen-bond acceptors (Lipinski definition) is 5. The van der Waals surface area contributed by atoms with E-state index in [-0.39, 0.29) is 23.3 Å². The van der Waals surface area contributed by atoms with Gasteiger partial charge in [0.05, 0.1) is 4.90 Å². The fourth-order valence-electron chi connectivity index (χ4n) is 3.06. The maximum absolute atomic E-state index is 12.5. The molecule has 7 nitrogen and oxygen atoms in total. The highest BCUT2D eigenvalue weighted by atomic mass is 32.2. The molecular weight excluding hydrogens is 446 g/mol. The standard InChI is InChI=1S/C23H25N3O4S2/c1-24-32(29,30)21-11-2-6-17(14-21)16-25-23(28)18-7-3-8-19(15-18)26-22(27)12-4-9-20-10-5-13-31-20/h2-3,5-8,10-11,13-15,24H,4,9,12,16H2,1H3,(H,25,28)(H,26,27). The molecule has 0 saturated heterocycles. The molecule has 0 unspecified atom stereocenters. The Labute approximate surface area is 191 Å². The lowest BCUT2D eigenvalue weighted by Gasteiger charge is -2.09. The monoisotopic (exact) mass is 471 g/mol. The smallest absolute Gasteiger partial charge is 0.251 e. The van der Waals surface area contributed by atoms with Crippen LogP contribution in [0.3, 0.4) is 0 Å². The molecule has 0 spiro atoms. The Morgan fingerprint density at radius 2 is 1.81 bits per heavy atom. The summed E-state index contributed by atoms with van der Waals surface area (Å²) in [5.41, 5.74) is 1.62. The number of aryl methyl sites for hydroxylation is 1. The topological polar surface area (TPSA) is 104 Å². The number of carbonyl (C=O) groups is 2. The zero-order valence-electron chi connectivity index (χ0n) is 17.6. The van der Waals surface area contributed by atoms with Crippen LogP contribution in [0.2, 0.25) is 0 Å². The lowest BCUT2D eigenvalue weighted by molar-refractivity contribution is -0.116. The van der Waals surface area contributed by atoms with Crippen LogP contribution in [0, 0.1) is 0 Å². The van der Waals surface area contributed by atoms with Crippen LogP contribution in [0.25, 0.3) is 0 Å². The normalized spacial score (nSPS) is 11.2. The first-order valence-electron chi connectivity index (χ1n) is 10.1. The molecule has 3 aromatic rings. The Bertz CT molecular complexity index is 1180. The summed E-state index contributed by atoms with van der Waals surface area (Å²) in [4.78, 5) is 26.1. The van der Waals surface area contributed by atoms with E-state index in [1.54, 1.807) is 47.7 Å².